The quantitative estimate of drug-likeness (QED) is 0.285. The van der Waals surface area contributed by atoms with E-state index < -0.39 is 0 Å². The maximum absolute atomic E-state index is 14.4. The molecule has 4 heterocycles. The highest BCUT2D eigenvalue weighted by Gasteiger charge is 2.30. The number of H-pyrrole nitrogens is 1. The van der Waals surface area contributed by atoms with Gasteiger partial charge in [0.15, 0.2) is 11.5 Å². The number of rotatable bonds is 5. The van der Waals surface area contributed by atoms with Crippen LogP contribution in [0, 0.1) is 12.7 Å². The third kappa shape index (κ3) is 4.44. The summed E-state index contributed by atoms with van der Waals surface area (Å²) in [6, 6.07) is 11.7. The molecule has 2 aromatic carbocycles. The van der Waals surface area contributed by atoms with Crippen molar-refractivity contribution >= 4 is 39.3 Å². The number of aryl methyl sites for hydroxylation is 1. The number of benzene rings is 2. The highest BCUT2D eigenvalue weighted by molar-refractivity contribution is 6.01. The molecule has 1 aliphatic carbocycles. The molecule has 4 N–H and O–H groups in total. The Bertz CT molecular complexity index is 1680. The molecule has 10 nitrogen and oxygen atoms in total. The number of hydrogen-bond donors (Lipinski definition) is 3. The van der Waals surface area contributed by atoms with Crippen LogP contribution in [0.3, 0.4) is 0 Å². The molecule has 206 valence electrons. The van der Waals surface area contributed by atoms with Crippen molar-refractivity contribution in [3.63, 3.8) is 0 Å². The molecular weight excluding hydrogens is 509 g/mol. The average Bonchev–Trinajstić information content (AvgIpc) is 3.58. The van der Waals surface area contributed by atoms with E-state index in [1.54, 1.807) is 12.1 Å². The van der Waals surface area contributed by atoms with E-state index in [0.29, 0.717) is 23.4 Å². The van der Waals surface area contributed by atoms with Crippen LogP contribution in [0.5, 0.6) is 0 Å². The number of anilines is 3. The molecule has 1 aliphatic heterocycles. The molecule has 0 amide bonds. The molecule has 7 rings (SSSR count). The van der Waals surface area contributed by atoms with E-state index in [0.717, 1.165) is 90.7 Å². The molecule has 1 saturated heterocycles. The van der Waals surface area contributed by atoms with Gasteiger partial charge in [0.2, 0.25) is 0 Å². The summed E-state index contributed by atoms with van der Waals surface area (Å²) in [6.07, 6.45) is 5.83. The minimum Gasteiger partial charge on any atom is -0.383 e. The first-order chi connectivity index (χ1) is 19.5. The highest BCUT2D eigenvalue weighted by atomic mass is 19.1. The van der Waals surface area contributed by atoms with Crippen LogP contribution < -0.4 is 11.1 Å². The second kappa shape index (κ2) is 10.1. The normalized spacial score (nSPS) is 20.4. The lowest BCUT2D eigenvalue weighted by molar-refractivity contribution is 0.00520. The van der Waals surface area contributed by atoms with Crippen LogP contribution in [0.1, 0.15) is 37.3 Å². The number of morpholine rings is 1. The monoisotopic (exact) mass is 541 g/mol. The van der Waals surface area contributed by atoms with Gasteiger partial charge in [0.05, 0.1) is 35.8 Å². The largest absolute Gasteiger partial charge is 0.383 e. The van der Waals surface area contributed by atoms with E-state index in [1.165, 1.54) is 12.4 Å². The van der Waals surface area contributed by atoms with Crippen LogP contribution in [0.2, 0.25) is 0 Å². The summed E-state index contributed by atoms with van der Waals surface area (Å²) in [5.74, 6) is 0.640. The summed E-state index contributed by atoms with van der Waals surface area (Å²) in [5.41, 5.74) is 10.9. The fourth-order valence-electron chi connectivity index (χ4n) is 6.19. The minimum atomic E-state index is -0.329. The number of nitrogens with zero attached hydrogens (tertiary/aromatic N) is 6. The topological polar surface area (TPSA) is 123 Å². The lowest BCUT2D eigenvalue weighted by Crippen LogP contribution is -2.45. The van der Waals surface area contributed by atoms with Gasteiger partial charge in [-0.25, -0.2) is 19.0 Å². The highest BCUT2D eigenvalue weighted by Crippen LogP contribution is 2.38. The Hall–Kier alpha value is -4.09. The first-order valence-electron chi connectivity index (χ1n) is 13.9. The predicted octanol–water partition coefficient (Wildman–Crippen LogP) is 4.96. The zero-order chi connectivity index (χ0) is 27.2. The Balaban J connectivity index is 1.20. The van der Waals surface area contributed by atoms with Gasteiger partial charge < -0.3 is 15.8 Å². The van der Waals surface area contributed by atoms with Gasteiger partial charge in [0.25, 0.3) is 0 Å². The van der Waals surface area contributed by atoms with Crippen LogP contribution in [0.4, 0.5) is 21.7 Å². The van der Waals surface area contributed by atoms with Crippen molar-refractivity contribution in [2.75, 3.05) is 37.4 Å². The molecule has 40 heavy (non-hydrogen) atoms. The van der Waals surface area contributed by atoms with Gasteiger partial charge in [-0.1, -0.05) is 12.1 Å². The van der Waals surface area contributed by atoms with Gasteiger partial charge in [0, 0.05) is 30.1 Å². The molecule has 0 atom stereocenters. The molecule has 2 fully saturated rings. The number of aromatic amines is 1. The molecular formula is C29H32FN9O. The smallest absolute Gasteiger partial charge is 0.164 e. The third-order valence-electron chi connectivity index (χ3n) is 8.30. The Morgan fingerprint density at radius 2 is 1.82 bits per heavy atom. The fourth-order valence-corrected chi connectivity index (χ4v) is 6.19. The first-order valence-corrected chi connectivity index (χ1v) is 13.9. The summed E-state index contributed by atoms with van der Waals surface area (Å²) in [5, 5.41) is 17.3. The lowest BCUT2D eigenvalue weighted by atomic mass is 9.90. The van der Waals surface area contributed by atoms with E-state index >= 15 is 0 Å². The summed E-state index contributed by atoms with van der Waals surface area (Å²) in [7, 11) is 0. The number of halogens is 1. The SMILES string of the molecule is Cc1ccc(F)c(Nc2n[nH]c3cc(-c4nn([C@H]5CC[C@H](N6CCOCC6)CC5)c5ncnc(N)c45)ccc23)c1. The molecule has 0 bridgehead atoms. The predicted molar refractivity (Wildman–Crippen MR) is 153 cm³/mol. The number of nitrogen functional groups attached to an aromatic ring is 1. The summed E-state index contributed by atoms with van der Waals surface area (Å²) in [6.45, 7) is 5.60. The molecule has 5 aromatic rings. The van der Waals surface area contributed by atoms with Crippen molar-refractivity contribution in [2.24, 2.45) is 0 Å². The second-order valence-corrected chi connectivity index (χ2v) is 10.8. The standard InChI is InChI=1S/C29H32FN9O/c1-17-2-9-22(30)24(14-17)34-28-21-8-3-18(15-23(21)35-36-28)26-25-27(31)32-16-33-29(25)39(37-26)20-6-4-19(5-7-20)38-10-12-40-13-11-38/h2-3,8-9,14-16,19-20H,4-7,10-13H2,1H3,(H2,31,32,33)(H2,34,35,36)/t19-,20-. The molecule has 0 spiro atoms. The van der Waals surface area contributed by atoms with Crippen LogP contribution in [0.15, 0.2) is 42.7 Å². The number of hydrogen-bond acceptors (Lipinski definition) is 8. The Labute approximate surface area is 230 Å². The fraction of sp³-hybridized carbons (Fsp3) is 0.379. The zero-order valence-corrected chi connectivity index (χ0v) is 22.4. The van der Waals surface area contributed by atoms with E-state index in [-0.39, 0.29) is 11.9 Å². The van der Waals surface area contributed by atoms with Crippen molar-refractivity contribution in [3.05, 3.63) is 54.1 Å². The molecule has 11 heteroatoms. The van der Waals surface area contributed by atoms with E-state index in [1.807, 2.05) is 25.1 Å². The van der Waals surface area contributed by atoms with Crippen LogP contribution in [-0.2, 0) is 4.74 Å². The maximum Gasteiger partial charge on any atom is 0.164 e. The van der Waals surface area contributed by atoms with Gasteiger partial charge in [-0.15, -0.1) is 0 Å². The van der Waals surface area contributed by atoms with Crippen LogP contribution in [-0.4, -0.2) is 67.2 Å². The van der Waals surface area contributed by atoms with Gasteiger partial charge in [-0.3, -0.25) is 10.00 Å². The van der Waals surface area contributed by atoms with Gasteiger partial charge in [-0.2, -0.15) is 10.2 Å². The summed E-state index contributed by atoms with van der Waals surface area (Å²) >= 11 is 0. The van der Waals surface area contributed by atoms with Gasteiger partial charge in [0.1, 0.15) is 23.7 Å². The molecule has 0 radical (unpaired) electrons. The van der Waals surface area contributed by atoms with Crippen molar-refractivity contribution in [1.29, 1.82) is 0 Å². The first kappa shape index (κ1) is 24.9. The number of nitrogens with one attached hydrogen (secondary N) is 2. The molecule has 0 unspecified atom stereocenters. The Morgan fingerprint density at radius 1 is 1.02 bits per heavy atom. The Kier molecular flexibility index (Phi) is 6.32. The molecule has 1 saturated carbocycles. The summed E-state index contributed by atoms with van der Waals surface area (Å²) < 4.78 is 22.0. The van der Waals surface area contributed by atoms with Crippen molar-refractivity contribution < 1.29 is 9.13 Å². The molecule has 3 aromatic heterocycles. The van der Waals surface area contributed by atoms with Gasteiger partial charge in [-0.05, 0) is 62.4 Å². The van der Waals surface area contributed by atoms with E-state index in [4.69, 9.17) is 15.6 Å². The molecule has 2 aliphatic rings. The van der Waals surface area contributed by atoms with Gasteiger partial charge >= 0.3 is 0 Å². The van der Waals surface area contributed by atoms with E-state index in [2.05, 4.69) is 35.1 Å². The van der Waals surface area contributed by atoms with E-state index in [9.17, 15) is 4.39 Å². The Morgan fingerprint density at radius 3 is 2.65 bits per heavy atom. The minimum absolute atomic E-state index is 0.249. The van der Waals surface area contributed by atoms with Crippen LogP contribution in [0.25, 0.3) is 33.2 Å². The van der Waals surface area contributed by atoms with Crippen molar-refractivity contribution in [2.45, 2.75) is 44.7 Å². The number of ether oxygens (including phenoxy) is 1. The van der Waals surface area contributed by atoms with Crippen molar-refractivity contribution in [3.8, 4) is 11.3 Å². The maximum atomic E-state index is 14.4. The third-order valence-corrected chi connectivity index (χ3v) is 8.30. The summed E-state index contributed by atoms with van der Waals surface area (Å²) in [4.78, 5) is 11.5. The zero-order valence-electron chi connectivity index (χ0n) is 22.4. The second-order valence-electron chi connectivity index (χ2n) is 10.8. The average molecular weight is 542 g/mol. The number of fused-ring (bicyclic) bond motifs is 2. The number of aromatic nitrogens is 6. The van der Waals surface area contributed by atoms with Crippen LogP contribution >= 0.6 is 0 Å². The number of nitrogens with two attached hydrogens (primary N) is 1. The van der Waals surface area contributed by atoms with Crippen molar-refractivity contribution in [1.82, 2.24) is 34.8 Å². The lowest BCUT2D eigenvalue weighted by Gasteiger charge is -2.38.